The van der Waals surface area contributed by atoms with E-state index < -0.39 is 23.9 Å². The van der Waals surface area contributed by atoms with E-state index in [0.29, 0.717) is 6.42 Å². The Kier molecular flexibility index (Phi) is 6.70. The number of anilines is 1. The van der Waals surface area contributed by atoms with Crippen molar-refractivity contribution in [3.05, 3.63) is 98.4 Å². The number of hydrogen-bond acceptors (Lipinski definition) is 7. The standard InChI is InChI=1S/C27H19BrCl2N6O3/c28-17-11-9-15(10-12-17)20-13-21(16-5-2-1-3-6-16)36(32-20)22(37)14-34-25-23(31-33-34)26(38)35(27(25)39)24-18(29)7-4-8-19(24)30/h1-12,21,23,25H,13-14H2. The van der Waals surface area contributed by atoms with Gasteiger partial charge < -0.3 is 0 Å². The summed E-state index contributed by atoms with van der Waals surface area (Å²) in [6.45, 7) is -0.297. The number of imide groups is 1. The van der Waals surface area contributed by atoms with Gasteiger partial charge in [-0.2, -0.15) is 10.2 Å². The molecule has 0 spiro atoms. The largest absolute Gasteiger partial charge is 0.271 e. The molecule has 0 radical (unpaired) electrons. The van der Waals surface area contributed by atoms with Gasteiger partial charge >= 0.3 is 0 Å². The normalized spacial score (nSPS) is 22.1. The van der Waals surface area contributed by atoms with E-state index in [0.717, 1.165) is 26.2 Å². The van der Waals surface area contributed by atoms with Crippen molar-refractivity contribution in [2.45, 2.75) is 24.5 Å². The molecule has 0 bridgehead atoms. The third-order valence-electron chi connectivity index (χ3n) is 6.84. The van der Waals surface area contributed by atoms with Crippen molar-refractivity contribution in [2.75, 3.05) is 11.4 Å². The second-order valence-electron chi connectivity index (χ2n) is 9.20. The number of hydrogen-bond donors (Lipinski definition) is 0. The second-order valence-corrected chi connectivity index (χ2v) is 10.9. The van der Waals surface area contributed by atoms with E-state index in [1.807, 2.05) is 54.6 Å². The van der Waals surface area contributed by atoms with Gasteiger partial charge in [0.05, 0.1) is 27.5 Å². The number of amides is 3. The first-order valence-electron chi connectivity index (χ1n) is 12.0. The summed E-state index contributed by atoms with van der Waals surface area (Å²) in [7, 11) is 0. The minimum atomic E-state index is -1.09. The topological polar surface area (TPSA) is 98.0 Å². The molecule has 196 valence electrons. The zero-order chi connectivity index (χ0) is 27.3. The average molecular weight is 626 g/mol. The number of halogens is 3. The molecular weight excluding hydrogens is 607 g/mol. The Morgan fingerprint density at radius 3 is 2.31 bits per heavy atom. The quantitative estimate of drug-likeness (QED) is 0.353. The molecular formula is C27H19BrCl2N6O3. The Hall–Kier alpha value is -3.60. The van der Waals surface area contributed by atoms with Gasteiger partial charge in [-0.25, -0.2) is 9.91 Å². The van der Waals surface area contributed by atoms with Crippen LogP contribution in [0.25, 0.3) is 0 Å². The predicted molar refractivity (Wildman–Crippen MR) is 149 cm³/mol. The number of para-hydroxylation sites is 1. The number of carbonyl (C=O) groups excluding carboxylic acids is 3. The van der Waals surface area contributed by atoms with Crippen LogP contribution in [-0.4, -0.2) is 52.1 Å². The number of rotatable bonds is 5. The van der Waals surface area contributed by atoms with Crippen LogP contribution in [-0.2, 0) is 14.4 Å². The number of carbonyl (C=O) groups is 3. The van der Waals surface area contributed by atoms with Gasteiger partial charge in [0, 0.05) is 10.9 Å². The summed E-state index contributed by atoms with van der Waals surface area (Å²) in [6, 6.07) is 19.5. The molecule has 1 saturated heterocycles. The van der Waals surface area contributed by atoms with Crippen LogP contribution in [0.4, 0.5) is 5.69 Å². The predicted octanol–water partition coefficient (Wildman–Crippen LogP) is 5.43. The van der Waals surface area contributed by atoms with Gasteiger partial charge in [-0.1, -0.05) is 92.9 Å². The van der Waals surface area contributed by atoms with E-state index in [9.17, 15) is 14.4 Å². The van der Waals surface area contributed by atoms with Crippen LogP contribution in [0.1, 0.15) is 23.6 Å². The second kappa shape index (κ2) is 10.2. The molecule has 3 amide bonds. The molecule has 0 N–H and O–H groups in total. The van der Waals surface area contributed by atoms with Crippen molar-refractivity contribution in [1.82, 2.24) is 10.0 Å². The van der Waals surface area contributed by atoms with Crippen LogP contribution in [0.3, 0.4) is 0 Å². The lowest BCUT2D eigenvalue weighted by Gasteiger charge is -2.25. The molecule has 6 rings (SSSR count). The first-order chi connectivity index (χ1) is 18.8. The average Bonchev–Trinajstić information content (AvgIpc) is 3.62. The summed E-state index contributed by atoms with van der Waals surface area (Å²) in [5.41, 5.74) is 2.69. The first-order valence-corrected chi connectivity index (χ1v) is 13.6. The van der Waals surface area contributed by atoms with Crippen molar-refractivity contribution in [1.29, 1.82) is 0 Å². The minimum Gasteiger partial charge on any atom is -0.271 e. The molecule has 0 saturated carbocycles. The van der Waals surface area contributed by atoms with Gasteiger partial charge in [0.25, 0.3) is 17.7 Å². The zero-order valence-corrected chi connectivity index (χ0v) is 23.2. The smallest absolute Gasteiger partial charge is 0.264 e. The van der Waals surface area contributed by atoms with Gasteiger partial charge in [-0.3, -0.25) is 19.4 Å². The van der Waals surface area contributed by atoms with Crippen molar-refractivity contribution >= 4 is 68.3 Å². The summed E-state index contributed by atoms with van der Waals surface area (Å²) in [6.07, 6.45) is 0.515. The number of benzene rings is 3. The highest BCUT2D eigenvalue weighted by Crippen LogP contribution is 2.40. The Morgan fingerprint density at radius 2 is 1.62 bits per heavy atom. The Balaban J connectivity index is 1.27. The molecule has 1 fully saturated rings. The van der Waals surface area contributed by atoms with E-state index in [1.54, 1.807) is 18.2 Å². The lowest BCUT2D eigenvalue weighted by atomic mass is 9.98. The Labute approximate surface area is 241 Å². The Morgan fingerprint density at radius 1 is 0.923 bits per heavy atom. The lowest BCUT2D eigenvalue weighted by molar-refractivity contribution is -0.135. The van der Waals surface area contributed by atoms with E-state index in [-0.39, 0.29) is 34.2 Å². The van der Waals surface area contributed by atoms with E-state index in [1.165, 1.54) is 10.0 Å². The van der Waals surface area contributed by atoms with Crippen LogP contribution in [0, 0.1) is 0 Å². The Bertz CT molecular complexity index is 1530. The first kappa shape index (κ1) is 25.7. The van der Waals surface area contributed by atoms with Gasteiger partial charge in [0.1, 0.15) is 6.54 Å². The lowest BCUT2D eigenvalue weighted by Crippen LogP contribution is -2.44. The van der Waals surface area contributed by atoms with Crippen LogP contribution in [0.15, 0.2) is 92.7 Å². The van der Waals surface area contributed by atoms with E-state index >= 15 is 0 Å². The minimum absolute atomic E-state index is 0.0964. The third kappa shape index (κ3) is 4.52. The molecule has 3 unspecified atom stereocenters. The third-order valence-corrected chi connectivity index (χ3v) is 7.98. The fourth-order valence-corrected chi connectivity index (χ4v) is 5.81. The molecule has 3 aromatic carbocycles. The van der Waals surface area contributed by atoms with Gasteiger partial charge in [0.2, 0.25) is 0 Å². The number of fused-ring (bicyclic) bond motifs is 1. The number of hydrazone groups is 1. The monoisotopic (exact) mass is 624 g/mol. The van der Waals surface area contributed by atoms with Crippen molar-refractivity contribution < 1.29 is 14.4 Å². The fourth-order valence-electron chi connectivity index (χ4n) is 4.98. The van der Waals surface area contributed by atoms with Crippen LogP contribution < -0.4 is 4.90 Å². The molecule has 3 aliphatic heterocycles. The maximum absolute atomic E-state index is 13.7. The maximum Gasteiger partial charge on any atom is 0.264 e. The summed E-state index contributed by atoms with van der Waals surface area (Å²) >= 11 is 16.0. The molecule has 9 nitrogen and oxygen atoms in total. The molecule has 3 heterocycles. The highest BCUT2D eigenvalue weighted by molar-refractivity contribution is 9.10. The van der Waals surface area contributed by atoms with Crippen LogP contribution in [0.5, 0.6) is 0 Å². The van der Waals surface area contributed by atoms with Crippen LogP contribution >= 0.6 is 39.1 Å². The number of nitrogens with zero attached hydrogens (tertiary/aromatic N) is 6. The molecule has 3 aliphatic rings. The van der Waals surface area contributed by atoms with Crippen molar-refractivity contribution in [3.63, 3.8) is 0 Å². The van der Waals surface area contributed by atoms with Crippen LogP contribution in [0.2, 0.25) is 10.0 Å². The summed E-state index contributed by atoms with van der Waals surface area (Å²) in [5.74, 6) is -1.58. The van der Waals surface area contributed by atoms with E-state index in [4.69, 9.17) is 23.2 Å². The summed E-state index contributed by atoms with van der Waals surface area (Å²) < 4.78 is 0.939. The summed E-state index contributed by atoms with van der Waals surface area (Å²) in [4.78, 5) is 41.2. The maximum atomic E-state index is 13.7. The highest BCUT2D eigenvalue weighted by Gasteiger charge is 2.56. The fraction of sp³-hybridized carbons (Fsp3) is 0.185. The molecule has 12 heteroatoms. The van der Waals surface area contributed by atoms with Gasteiger partial charge in [-0.15, -0.1) is 0 Å². The summed E-state index contributed by atoms with van der Waals surface area (Å²) in [5, 5.41) is 15.7. The van der Waals surface area contributed by atoms with Gasteiger partial charge in [0.15, 0.2) is 12.1 Å². The van der Waals surface area contributed by atoms with Crippen molar-refractivity contribution in [3.8, 4) is 0 Å². The SMILES string of the molecule is O=C1C2N=NN(CC(=O)N3N=C(c4ccc(Br)cc4)CC3c3ccccc3)C2C(=O)N1c1c(Cl)cccc1Cl. The molecule has 3 aromatic rings. The van der Waals surface area contributed by atoms with Crippen molar-refractivity contribution in [2.24, 2.45) is 15.4 Å². The highest BCUT2D eigenvalue weighted by atomic mass is 79.9. The van der Waals surface area contributed by atoms with Gasteiger partial charge in [-0.05, 0) is 35.4 Å². The zero-order valence-electron chi connectivity index (χ0n) is 20.1. The molecule has 0 aromatic heterocycles. The molecule has 39 heavy (non-hydrogen) atoms. The van der Waals surface area contributed by atoms with E-state index in [2.05, 4.69) is 31.4 Å². The molecule has 3 atom stereocenters. The molecule has 0 aliphatic carbocycles.